The number of likely N-dealkylation sites (N-methyl/N-ethyl adjacent to an activating group) is 1. The Morgan fingerprint density at radius 2 is 2.12 bits per heavy atom. The Balaban J connectivity index is 2.37. The van der Waals surface area contributed by atoms with E-state index < -0.39 is 0 Å². The van der Waals surface area contributed by atoms with Crippen molar-refractivity contribution in [3.8, 4) is 0 Å². The molecule has 17 heavy (non-hydrogen) atoms. The summed E-state index contributed by atoms with van der Waals surface area (Å²) in [5.74, 6) is 2.47. The van der Waals surface area contributed by atoms with Gasteiger partial charge in [0, 0.05) is 38.3 Å². The lowest BCUT2D eigenvalue weighted by Crippen LogP contribution is -2.56. The van der Waals surface area contributed by atoms with Crippen LogP contribution in [0.1, 0.15) is 27.2 Å². The maximum atomic E-state index is 5.93. The summed E-state index contributed by atoms with van der Waals surface area (Å²) in [6.07, 6.45) is 1.24. The molecular weight excluding hydrogens is 230 g/mol. The maximum Gasteiger partial charge on any atom is 0.0227 e. The van der Waals surface area contributed by atoms with E-state index in [0.29, 0.717) is 12.1 Å². The topological polar surface area (TPSA) is 32.5 Å². The van der Waals surface area contributed by atoms with Gasteiger partial charge in [0.25, 0.3) is 0 Å². The molecule has 1 rings (SSSR count). The van der Waals surface area contributed by atoms with E-state index in [1.807, 2.05) is 11.8 Å². The quantitative estimate of drug-likeness (QED) is 0.702. The van der Waals surface area contributed by atoms with Crippen LogP contribution in [-0.4, -0.2) is 66.1 Å². The molecule has 4 heteroatoms. The first-order chi connectivity index (χ1) is 8.22. The standard InChI is InChI=1S/C13H29N3S/c1-4-15-7-8-16(11-12(15)3)13(10-14)6-9-17-5-2/h12-13H,4-11,14H2,1-3H3. The average molecular weight is 259 g/mol. The molecule has 0 amide bonds. The number of hydrogen-bond acceptors (Lipinski definition) is 4. The number of hydrogen-bond donors (Lipinski definition) is 1. The molecule has 2 N–H and O–H groups in total. The third-order valence-electron chi connectivity index (χ3n) is 3.79. The largest absolute Gasteiger partial charge is 0.329 e. The molecule has 0 spiro atoms. The number of nitrogens with zero attached hydrogens (tertiary/aromatic N) is 2. The Kier molecular flexibility index (Phi) is 7.51. The predicted molar refractivity (Wildman–Crippen MR) is 78.7 cm³/mol. The second-order valence-electron chi connectivity index (χ2n) is 4.85. The molecule has 0 aliphatic carbocycles. The highest BCUT2D eigenvalue weighted by atomic mass is 32.2. The molecule has 1 saturated heterocycles. The zero-order valence-electron chi connectivity index (χ0n) is 11.7. The molecule has 1 fully saturated rings. The van der Waals surface area contributed by atoms with Crippen molar-refractivity contribution in [3.63, 3.8) is 0 Å². The van der Waals surface area contributed by atoms with Crippen molar-refractivity contribution in [1.29, 1.82) is 0 Å². The van der Waals surface area contributed by atoms with Crippen LogP contribution in [0.2, 0.25) is 0 Å². The highest BCUT2D eigenvalue weighted by Gasteiger charge is 2.26. The average Bonchev–Trinajstić information content (AvgIpc) is 2.35. The van der Waals surface area contributed by atoms with Gasteiger partial charge in [-0.1, -0.05) is 13.8 Å². The van der Waals surface area contributed by atoms with E-state index >= 15 is 0 Å². The van der Waals surface area contributed by atoms with E-state index in [1.54, 1.807) is 0 Å². The SMILES string of the molecule is CCSCCC(CN)N1CCN(CC)C(C)C1. The fourth-order valence-electron chi connectivity index (χ4n) is 2.64. The normalized spacial score (nSPS) is 25.1. The Labute approximate surface area is 111 Å². The minimum Gasteiger partial charge on any atom is -0.329 e. The van der Waals surface area contributed by atoms with Crippen LogP contribution in [-0.2, 0) is 0 Å². The van der Waals surface area contributed by atoms with Crippen LogP contribution in [0.3, 0.4) is 0 Å². The Hall–Kier alpha value is 0.230. The summed E-state index contributed by atoms with van der Waals surface area (Å²) in [7, 11) is 0. The second-order valence-corrected chi connectivity index (χ2v) is 6.24. The van der Waals surface area contributed by atoms with Gasteiger partial charge in [-0.3, -0.25) is 9.80 Å². The first kappa shape index (κ1) is 15.3. The number of thioether (sulfide) groups is 1. The van der Waals surface area contributed by atoms with Gasteiger partial charge in [0.2, 0.25) is 0 Å². The zero-order chi connectivity index (χ0) is 12.7. The first-order valence-corrected chi connectivity index (χ1v) is 8.14. The van der Waals surface area contributed by atoms with Crippen molar-refractivity contribution in [2.75, 3.05) is 44.2 Å². The monoisotopic (exact) mass is 259 g/mol. The van der Waals surface area contributed by atoms with Crippen LogP contribution < -0.4 is 5.73 Å². The summed E-state index contributed by atoms with van der Waals surface area (Å²) in [4.78, 5) is 5.16. The molecule has 0 aromatic heterocycles. The van der Waals surface area contributed by atoms with Gasteiger partial charge < -0.3 is 5.73 Å². The lowest BCUT2D eigenvalue weighted by molar-refractivity contribution is 0.0601. The highest BCUT2D eigenvalue weighted by Crippen LogP contribution is 2.15. The minimum absolute atomic E-state index is 0.593. The molecule has 0 aromatic carbocycles. The number of rotatable bonds is 7. The van der Waals surface area contributed by atoms with Gasteiger partial charge in [-0.2, -0.15) is 11.8 Å². The van der Waals surface area contributed by atoms with Crippen LogP contribution in [0.4, 0.5) is 0 Å². The van der Waals surface area contributed by atoms with Gasteiger partial charge in [0.1, 0.15) is 0 Å². The van der Waals surface area contributed by atoms with Crippen molar-refractivity contribution in [3.05, 3.63) is 0 Å². The minimum atomic E-state index is 0.593. The molecule has 1 aliphatic rings. The Bertz CT molecular complexity index is 201. The van der Waals surface area contributed by atoms with Gasteiger partial charge in [-0.05, 0) is 31.4 Å². The first-order valence-electron chi connectivity index (χ1n) is 6.98. The van der Waals surface area contributed by atoms with Crippen molar-refractivity contribution in [1.82, 2.24) is 9.80 Å². The highest BCUT2D eigenvalue weighted by molar-refractivity contribution is 7.99. The Morgan fingerprint density at radius 1 is 1.35 bits per heavy atom. The van der Waals surface area contributed by atoms with Crippen LogP contribution in [0.15, 0.2) is 0 Å². The van der Waals surface area contributed by atoms with Crippen molar-refractivity contribution in [2.24, 2.45) is 5.73 Å². The lowest BCUT2D eigenvalue weighted by atomic mass is 10.1. The molecule has 1 aliphatic heterocycles. The van der Waals surface area contributed by atoms with E-state index in [2.05, 4.69) is 30.6 Å². The molecule has 2 atom stereocenters. The molecule has 102 valence electrons. The van der Waals surface area contributed by atoms with Crippen molar-refractivity contribution >= 4 is 11.8 Å². The van der Waals surface area contributed by atoms with Crippen LogP contribution >= 0.6 is 11.8 Å². The van der Waals surface area contributed by atoms with Gasteiger partial charge in [-0.25, -0.2) is 0 Å². The summed E-state index contributed by atoms with van der Waals surface area (Å²) < 4.78 is 0. The van der Waals surface area contributed by atoms with E-state index in [1.165, 1.54) is 44.1 Å². The number of nitrogens with two attached hydrogens (primary N) is 1. The molecule has 3 nitrogen and oxygen atoms in total. The van der Waals surface area contributed by atoms with Crippen LogP contribution in [0.5, 0.6) is 0 Å². The summed E-state index contributed by atoms with van der Waals surface area (Å²) in [6, 6.07) is 1.28. The van der Waals surface area contributed by atoms with E-state index in [4.69, 9.17) is 5.73 Å². The van der Waals surface area contributed by atoms with E-state index in [0.717, 1.165) is 6.54 Å². The third kappa shape index (κ3) is 4.78. The molecule has 0 saturated carbocycles. The van der Waals surface area contributed by atoms with Gasteiger partial charge in [0.15, 0.2) is 0 Å². The van der Waals surface area contributed by atoms with Gasteiger partial charge >= 0.3 is 0 Å². The summed E-state index contributed by atoms with van der Waals surface area (Å²) in [5, 5.41) is 0. The molecule has 1 heterocycles. The lowest BCUT2D eigenvalue weighted by Gasteiger charge is -2.42. The van der Waals surface area contributed by atoms with Gasteiger partial charge in [-0.15, -0.1) is 0 Å². The molecule has 0 aromatic rings. The second kappa shape index (κ2) is 8.35. The molecule has 0 bridgehead atoms. The summed E-state index contributed by atoms with van der Waals surface area (Å²) >= 11 is 2.03. The third-order valence-corrected chi connectivity index (χ3v) is 4.72. The van der Waals surface area contributed by atoms with Crippen LogP contribution in [0.25, 0.3) is 0 Å². The van der Waals surface area contributed by atoms with Crippen molar-refractivity contribution < 1.29 is 0 Å². The maximum absolute atomic E-state index is 5.93. The summed E-state index contributed by atoms with van der Waals surface area (Å²) in [5.41, 5.74) is 5.93. The van der Waals surface area contributed by atoms with E-state index in [9.17, 15) is 0 Å². The zero-order valence-corrected chi connectivity index (χ0v) is 12.5. The van der Waals surface area contributed by atoms with Gasteiger partial charge in [0.05, 0.1) is 0 Å². The van der Waals surface area contributed by atoms with E-state index in [-0.39, 0.29) is 0 Å². The van der Waals surface area contributed by atoms with Crippen molar-refractivity contribution in [2.45, 2.75) is 39.3 Å². The molecular formula is C13H29N3S. The van der Waals surface area contributed by atoms with Crippen LogP contribution in [0, 0.1) is 0 Å². The predicted octanol–water partition coefficient (Wildman–Crippen LogP) is 1.48. The fraction of sp³-hybridized carbons (Fsp3) is 1.00. The molecule has 0 radical (unpaired) electrons. The summed E-state index contributed by atoms with van der Waals surface area (Å²) in [6.45, 7) is 12.4. The molecule has 2 unspecified atom stereocenters. The Morgan fingerprint density at radius 3 is 2.65 bits per heavy atom. The fourth-order valence-corrected chi connectivity index (χ4v) is 3.37. The number of piperazine rings is 1. The smallest absolute Gasteiger partial charge is 0.0227 e.